The Labute approximate surface area is 141 Å². The molecule has 0 aliphatic rings. The van der Waals surface area contributed by atoms with Crippen LogP contribution < -0.4 is 13.7 Å². The van der Waals surface area contributed by atoms with Crippen molar-refractivity contribution in [3.8, 4) is 17.2 Å². The fraction of sp³-hybridized carbons (Fsp3) is 0.143. The Balaban J connectivity index is 0.000000287. The maximum Gasteiger partial charge on any atom is 0.224 e. The molecule has 22 heavy (non-hydrogen) atoms. The first-order valence-electron chi connectivity index (χ1n) is 5.88. The molecule has 0 amide bonds. The lowest BCUT2D eigenvalue weighted by Gasteiger charge is -2.15. The Hall–Kier alpha value is -1.47. The second-order valence-corrected chi connectivity index (χ2v) is 5.11. The third-order valence-electron chi connectivity index (χ3n) is 2.34. The van der Waals surface area contributed by atoms with E-state index in [0.717, 1.165) is 5.02 Å². The van der Waals surface area contributed by atoms with Gasteiger partial charge in [-0.25, -0.2) is 4.21 Å². The largest absolute Gasteiger partial charge is 0.740 e. The molecule has 0 aliphatic carbocycles. The van der Waals surface area contributed by atoms with Crippen LogP contribution in [-0.2, 0) is 11.4 Å². The highest BCUT2D eigenvalue weighted by Gasteiger charge is 2.16. The van der Waals surface area contributed by atoms with Gasteiger partial charge < -0.3 is 18.2 Å². The van der Waals surface area contributed by atoms with Crippen LogP contribution >= 0.6 is 23.2 Å². The third kappa shape index (κ3) is 5.73. The SMILES string of the molecule is COc1ccc(Cl)c(OC)c1OS(=O)[O-].Clc1ccccc1. The van der Waals surface area contributed by atoms with Crippen molar-refractivity contribution in [2.75, 3.05) is 14.2 Å². The van der Waals surface area contributed by atoms with E-state index in [-0.39, 0.29) is 22.3 Å². The van der Waals surface area contributed by atoms with Gasteiger partial charge in [0.15, 0.2) is 11.5 Å². The van der Waals surface area contributed by atoms with Crippen LogP contribution in [0.1, 0.15) is 0 Å². The molecule has 2 rings (SSSR count). The van der Waals surface area contributed by atoms with Crippen LogP contribution in [0, 0.1) is 0 Å². The van der Waals surface area contributed by atoms with Crippen molar-refractivity contribution in [1.82, 2.24) is 0 Å². The molecule has 2 aromatic rings. The highest BCUT2D eigenvalue weighted by Crippen LogP contribution is 2.42. The van der Waals surface area contributed by atoms with E-state index < -0.39 is 11.4 Å². The van der Waals surface area contributed by atoms with Crippen molar-refractivity contribution < 1.29 is 22.4 Å². The molecule has 0 N–H and O–H groups in total. The summed E-state index contributed by atoms with van der Waals surface area (Å²) in [4.78, 5) is 0. The van der Waals surface area contributed by atoms with E-state index in [4.69, 9.17) is 32.7 Å². The molecular weight excluding hydrogens is 351 g/mol. The minimum absolute atomic E-state index is 0.0687. The van der Waals surface area contributed by atoms with Gasteiger partial charge in [-0.05, 0) is 24.3 Å². The van der Waals surface area contributed by atoms with Gasteiger partial charge in [0.25, 0.3) is 0 Å². The number of ether oxygens (including phenoxy) is 2. The predicted molar refractivity (Wildman–Crippen MR) is 85.6 cm³/mol. The Morgan fingerprint density at radius 3 is 2.00 bits per heavy atom. The van der Waals surface area contributed by atoms with E-state index in [1.54, 1.807) is 0 Å². The van der Waals surface area contributed by atoms with E-state index in [9.17, 15) is 8.76 Å². The molecule has 5 nitrogen and oxygen atoms in total. The van der Waals surface area contributed by atoms with Gasteiger partial charge in [0, 0.05) is 5.02 Å². The van der Waals surface area contributed by atoms with E-state index in [1.807, 2.05) is 30.3 Å². The fourth-order valence-electron chi connectivity index (χ4n) is 1.43. The zero-order valence-corrected chi connectivity index (χ0v) is 14.1. The molecule has 0 heterocycles. The maximum absolute atomic E-state index is 10.4. The quantitative estimate of drug-likeness (QED) is 0.771. The van der Waals surface area contributed by atoms with Crippen molar-refractivity contribution in [2.24, 2.45) is 0 Å². The summed E-state index contributed by atoms with van der Waals surface area (Å²) in [5.74, 6) is 0.265. The minimum Gasteiger partial charge on any atom is -0.740 e. The van der Waals surface area contributed by atoms with Crippen LogP contribution in [0.15, 0.2) is 42.5 Å². The van der Waals surface area contributed by atoms with Gasteiger partial charge in [-0.1, -0.05) is 41.4 Å². The molecule has 0 radical (unpaired) electrons. The van der Waals surface area contributed by atoms with Crippen LogP contribution in [0.4, 0.5) is 0 Å². The zero-order chi connectivity index (χ0) is 16.5. The first kappa shape index (κ1) is 18.6. The molecule has 8 heteroatoms. The highest BCUT2D eigenvalue weighted by molar-refractivity contribution is 7.74. The lowest BCUT2D eigenvalue weighted by Crippen LogP contribution is -2.02. The molecule has 120 valence electrons. The van der Waals surface area contributed by atoms with Gasteiger partial charge in [0.05, 0.1) is 19.2 Å². The third-order valence-corrected chi connectivity index (χ3v) is 3.19. The first-order chi connectivity index (χ1) is 10.5. The number of halogens is 2. The maximum atomic E-state index is 10.4. The van der Waals surface area contributed by atoms with Crippen molar-refractivity contribution in [3.63, 3.8) is 0 Å². The van der Waals surface area contributed by atoms with Crippen LogP contribution in [0.5, 0.6) is 17.2 Å². The summed E-state index contributed by atoms with van der Waals surface area (Å²) in [5, 5.41) is 1.03. The molecule has 0 spiro atoms. The molecule has 0 fully saturated rings. The van der Waals surface area contributed by atoms with Crippen LogP contribution in [0.3, 0.4) is 0 Å². The molecule has 0 bridgehead atoms. The number of hydrogen-bond acceptors (Lipinski definition) is 5. The number of methoxy groups -OCH3 is 2. The van der Waals surface area contributed by atoms with Crippen molar-refractivity contribution in [2.45, 2.75) is 0 Å². The molecule has 0 aliphatic heterocycles. The normalized spacial score (nSPS) is 11.0. The summed E-state index contributed by atoms with van der Waals surface area (Å²) in [6, 6.07) is 12.4. The second kappa shape index (κ2) is 9.53. The minimum atomic E-state index is -2.72. The smallest absolute Gasteiger partial charge is 0.224 e. The standard InChI is InChI=1S/C8H9ClO5S.C6H5Cl/c1-12-6-4-3-5(9)7(13-2)8(6)14-15(10)11;7-6-4-2-1-3-5-6/h3-4H,1-2H3,(H,10,11);1-5H/p-1. The monoisotopic (exact) mass is 363 g/mol. The predicted octanol–water partition coefficient (Wildman–Crippen LogP) is 3.87. The van der Waals surface area contributed by atoms with Crippen molar-refractivity contribution in [3.05, 3.63) is 52.5 Å². The summed E-state index contributed by atoms with van der Waals surface area (Å²) >= 11 is 8.60. The van der Waals surface area contributed by atoms with E-state index in [2.05, 4.69) is 4.18 Å². The number of hydrogen-bond donors (Lipinski definition) is 0. The van der Waals surface area contributed by atoms with Crippen molar-refractivity contribution in [1.29, 1.82) is 0 Å². The zero-order valence-electron chi connectivity index (χ0n) is 11.7. The topological polar surface area (TPSA) is 67.8 Å². The Kier molecular flexibility index (Phi) is 8.05. The van der Waals surface area contributed by atoms with Gasteiger partial charge in [-0.2, -0.15) is 0 Å². The van der Waals surface area contributed by atoms with Crippen LogP contribution in [0.25, 0.3) is 0 Å². The first-order valence-corrected chi connectivity index (χ1v) is 7.63. The summed E-state index contributed by atoms with van der Waals surface area (Å²) in [6.07, 6.45) is 0. The molecule has 0 aromatic heterocycles. The van der Waals surface area contributed by atoms with Gasteiger partial charge in [-0.15, -0.1) is 0 Å². The number of rotatable bonds is 4. The van der Waals surface area contributed by atoms with Gasteiger partial charge in [0.2, 0.25) is 5.75 Å². The van der Waals surface area contributed by atoms with Crippen molar-refractivity contribution >= 4 is 34.6 Å². The van der Waals surface area contributed by atoms with Gasteiger partial charge >= 0.3 is 0 Å². The van der Waals surface area contributed by atoms with Crippen LogP contribution in [-0.4, -0.2) is 23.0 Å². The number of benzene rings is 2. The molecule has 0 saturated carbocycles. The van der Waals surface area contributed by atoms with E-state index in [1.165, 1.54) is 26.4 Å². The molecule has 1 atom stereocenters. The molecular formula is C14H13Cl2O5S-. The van der Waals surface area contributed by atoms with E-state index >= 15 is 0 Å². The average Bonchev–Trinajstić information content (AvgIpc) is 2.49. The summed E-state index contributed by atoms with van der Waals surface area (Å²) < 4.78 is 35.2. The second-order valence-electron chi connectivity index (χ2n) is 3.70. The Morgan fingerprint density at radius 1 is 0.955 bits per heavy atom. The highest BCUT2D eigenvalue weighted by atomic mass is 35.5. The fourth-order valence-corrected chi connectivity index (χ4v) is 2.10. The Bertz CT molecular complexity index is 622. The Morgan fingerprint density at radius 2 is 1.59 bits per heavy atom. The lowest BCUT2D eigenvalue weighted by atomic mass is 10.3. The summed E-state index contributed by atoms with van der Waals surface area (Å²) in [7, 11) is 2.73. The molecule has 1 unspecified atom stereocenters. The lowest BCUT2D eigenvalue weighted by molar-refractivity contribution is 0.354. The van der Waals surface area contributed by atoms with Gasteiger partial charge in [0.1, 0.15) is 11.4 Å². The molecule has 0 saturated heterocycles. The van der Waals surface area contributed by atoms with E-state index in [0.29, 0.717) is 0 Å². The van der Waals surface area contributed by atoms with Gasteiger partial charge in [-0.3, -0.25) is 0 Å². The van der Waals surface area contributed by atoms with Crippen LogP contribution in [0.2, 0.25) is 10.0 Å². The molecule has 2 aromatic carbocycles. The average molecular weight is 364 g/mol. The summed E-state index contributed by atoms with van der Waals surface area (Å²) in [6.45, 7) is 0. The summed E-state index contributed by atoms with van der Waals surface area (Å²) in [5.41, 5.74) is 0.